The molecule has 0 radical (unpaired) electrons. The van der Waals surface area contributed by atoms with Crippen LogP contribution in [-0.2, 0) is 0 Å². The average Bonchev–Trinajstić information content (AvgIpc) is 2.54. The first-order valence-corrected chi connectivity index (χ1v) is 6.17. The van der Waals surface area contributed by atoms with Crippen molar-refractivity contribution in [2.45, 2.75) is 18.8 Å². The topological polar surface area (TPSA) is 12.0 Å². The molecule has 1 heterocycles. The summed E-state index contributed by atoms with van der Waals surface area (Å²) in [4.78, 5) is 0. The highest BCUT2D eigenvalue weighted by molar-refractivity contribution is 6.30. The molecular formula is C13H16ClN. The minimum absolute atomic E-state index is 0.740. The van der Waals surface area contributed by atoms with Gasteiger partial charge in [-0.2, -0.15) is 0 Å². The monoisotopic (exact) mass is 221 g/mol. The minimum atomic E-state index is 0.740. The van der Waals surface area contributed by atoms with Crippen molar-refractivity contribution >= 4 is 11.6 Å². The highest BCUT2D eigenvalue weighted by Gasteiger charge is 2.37. The van der Waals surface area contributed by atoms with Gasteiger partial charge >= 0.3 is 0 Å². The first-order chi connectivity index (χ1) is 7.33. The Bertz CT molecular complexity index is 363. The summed E-state index contributed by atoms with van der Waals surface area (Å²) < 4.78 is 0. The molecule has 2 fully saturated rings. The van der Waals surface area contributed by atoms with Gasteiger partial charge in [-0.05, 0) is 61.4 Å². The van der Waals surface area contributed by atoms with Gasteiger partial charge in [0.15, 0.2) is 0 Å². The number of piperidine rings is 1. The van der Waals surface area contributed by atoms with E-state index in [-0.39, 0.29) is 0 Å². The molecule has 1 aromatic carbocycles. The number of fused-ring (bicyclic) bond motifs is 2. The molecule has 2 bridgehead atoms. The fourth-order valence-corrected chi connectivity index (χ4v) is 3.45. The number of nitrogens with one attached hydrogen (secondary N) is 1. The van der Waals surface area contributed by atoms with Crippen LogP contribution in [0.25, 0.3) is 0 Å². The predicted molar refractivity (Wildman–Crippen MR) is 63.3 cm³/mol. The van der Waals surface area contributed by atoms with Gasteiger partial charge in [0.1, 0.15) is 0 Å². The normalized spacial score (nSPS) is 34.3. The lowest BCUT2D eigenvalue weighted by atomic mass is 9.89. The van der Waals surface area contributed by atoms with Crippen LogP contribution in [0.3, 0.4) is 0 Å². The highest BCUT2D eigenvalue weighted by atomic mass is 35.5. The fourth-order valence-electron chi connectivity index (χ4n) is 3.25. The van der Waals surface area contributed by atoms with Crippen LogP contribution in [-0.4, -0.2) is 13.1 Å². The van der Waals surface area contributed by atoms with E-state index < -0.39 is 0 Å². The summed E-state index contributed by atoms with van der Waals surface area (Å²) in [6.07, 6.45) is 2.75. The van der Waals surface area contributed by atoms with E-state index in [1.54, 1.807) is 0 Å². The van der Waals surface area contributed by atoms with Crippen LogP contribution in [0.4, 0.5) is 0 Å². The highest BCUT2D eigenvalue weighted by Crippen LogP contribution is 2.44. The summed E-state index contributed by atoms with van der Waals surface area (Å²) in [6.45, 7) is 2.40. The third-order valence-electron chi connectivity index (χ3n) is 3.91. The van der Waals surface area contributed by atoms with E-state index >= 15 is 0 Å². The van der Waals surface area contributed by atoms with Gasteiger partial charge in [0.25, 0.3) is 0 Å². The van der Waals surface area contributed by atoms with Crippen molar-refractivity contribution in [3.63, 3.8) is 0 Å². The molecule has 0 amide bonds. The molecule has 0 unspecified atom stereocenters. The van der Waals surface area contributed by atoms with E-state index in [9.17, 15) is 0 Å². The second-order valence-electron chi connectivity index (χ2n) is 4.92. The van der Waals surface area contributed by atoms with Gasteiger partial charge in [-0.1, -0.05) is 23.7 Å². The first-order valence-electron chi connectivity index (χ1n) is 5.79. The summed E-state index contributed by atoms with van der Waals surface area (Å²) in [7, 11) is 0. The molecule has 0 aromatic heterocycles. The van der Waals surface area contributed by atoms with E-state index in [0.29, 0.717) is 0 Å². The van der Waals surface area contributed by atoms with Gasteiger partial charge in [-0.3, -0.25) is 0 Å². The van der Waals surface area contributed by atoms with Crippen molar-refractivity contribution in [3.8, 4) is 0 Å². The number of rotatable bonds is 1. The quantitative estimate of drug-likeness (QED) is 0.769. The Kier molecular flexibility index (Phi) is 2.45. The van der Waals surface area contributed by atoms with Crippen LogP contribution in [0.15, 0.2) is 24.3 Å². The zero-order valence-electron chi connectivity index (χ0n) is 8.75. The number of benzene rings is 1. The van der Waals surface area contributed by atoms with Gasteiger partial charge in [-0.25, -0.2) is 0 Å². The Labute approximate surface area is 95.8 Å². The van der Waals surface area contributed by atoms with E-state index in [2.05, 4.69) is 23.5 Å². The molecule has 1 aliphatic heterocycles. The third-order valence-corrected chi connectivity index (χ3v) is 4.14. The lowest BCUT2D eigenvalue weighted by Crippen LogP contribution is -2.31. The molecule has 1 N–H and O–H groups in total. The number of halogens is 1. The molecule has 1 aromatic rings. The van der Waals surface area contributed by atoms with Crippen molar-refractivity contribution in [1.29, 1.82) is 0 Å². The zero-order chi connectivity index (χ0) is 10.3. The molecule has 1 nitrogen and oxygen atoms in total. The Morgan fingerprint density at radius 3 is 2.93 bits per heavy atom. The second kappa shape index (κ2) is 3.80. The maximum absolute atomic E-state index is 6.05. The summed E-state index contributed by atoms with van der Waals surface area (Å²) in [5.41, 5.74) is 1.44. The van der Waals surface area contributed by atoms with Gasteiger partial charge in [0.2, 0.25) is 0 Å². The van der Waals surface area contributed by atoms with E-state index in [4.69, 9.17) is 11.6 Å². The van der Waals surface area contributed by atoms with Crippen LogP contribution < -0.4 is 5.32 Å². The molecule has 3 rings (SSSR count). The number of hydrogen-bond donors (Lipinski definition) is 1. The summed E-state index contributed by atoms with van der Waals surface area (Å²) >= 11 is 6.05. The van der Waals surface area contributed by atoms with Crippen molar-refractivity contribution < 1.29 is 0 Å². The van der Waals surface area contributed by atoms with E-state index in [1.165, 1.54) is 31.5 Å². The second-order valence-corrected chi connectivity index (χ2v) is 5.35. The number of hydrogen-bond acceptors (Lipinski definition) is 1. The van der Waals surface area contributed by atoms with Crippen LogP contribution in [0.2, 0.25) is 5.02 Å². The average molecular weight is 222 g/mol. The molecule has 15 heavy (non-hydrogen) atoms. The van der Waals surface area contributed by atoms with Crippen LogP contribution in [0.5, 0.6) is 0 Å². The molecule has 0 spiro atoms. The Morgan fingerprint density at radius 2 is 2.13 bits per heavy atom. The maximum atomic E-state index is 6.05. The van der Waals surface area contributed by atoms with Gasteiger partial charge in [0.05, 0.1) is 0 Å². The first kappa shape index (κ1) is 9.68. The van der Waals surface area contributed by atoms with Crippen molar-refractivity contribution in [2.24, 2.45) is 11.8 Å². The third kappa shape index (κ3) is 1.79. The van der Waals surface area contributed by atoms with Crippen molar-refractivity contribution in [3.05, 3.63) is 34.9 Å². The molecule has 1 saturated heterocycles. The minimum Gasteiger partial charge on any atom is -0.316 e. The Balaban J connectivity index is 1.88. The Hall–Kier alpha value is -0.530. The molecule has 1 aliphatic carbocycles. The Morgan fingerprint density at radius 1 is 1.20 bits per heavy atom. The summed E-state index contributed by atoms with van der Waals surface area (Å²) in [6, 6.07) is 8.42. The zero-order valence-corrected chi connectivity index (χ0v) is 9.50. The largest absolute Gasteiger partial charge is 0.316 e. The fraction of sp³-hybridized carbons (Fsp3) is 0.538. The van der Waals surface area contributed by atoms with Crippen molar-refractivity contribution in [2.75, 3.05) is 13.1 Å². The molecular weight excluding hydrogens is 206 g/mol. The smallest absolute Gasteiger partial charge is 0.0408 e. The van der Waals surface area contributed by atoms with E-state index in [1.807, 2.05) is 6.07 Å². The molecule has 1 saturated carbocycles. The summed E-state index contributed by atoms with van der Waals surface area (Å²) in [5.74, 6) is 2.47. The van der Waals surface area contributed by atoms with Gasteiger partial charge < -0.3 is 5.32 Å². The van der Waals surface area contributed by atoms with Crippen molar-refractivity contribution in [1.82, 2.24) is 5.32 Å². The van der Waals surface area contributed by atoms with Gasteiger partial charge in [0, 0.05) is 5.02 Å². The van der Waals surface area contributed by atoms with Gasteiger partial charge in [-0.15, -0.1) is 0 Å². The predicted octanol–water partition coefficient (Wildman–Crippen LogP) is 3.05. The maximum Gasteiger partial charge on any atom is 0.0408 e. The molecule has 2 aliphatic rings. The van der Waals surface area contributed by atoms with E-state index in [0.717, 1.165) is 22.8 Å². The molecule has 3 atom stereocenters. The lowest BCUT2D eigenvalue weighted by molar-refractivity contribution is 0.370. The SMILES string of the molecule is Clc1cccc([C@H]2C[C@@H]3CNC[C@@H]2C3)c1. The molecule has 2 heteroatoms. The lowest BCUT2D eigenvalue weighted by Gasteiger charge is -2.22. The van der Waals surface area contributed by atoms with Crippen LogP contribution in [0, 0.1) is 11.8 Å². The standard InChI is InChI=1S/C13H16ClN/c14-12-3-1-2-10(6-12)13-5-9-4-11(13)8-15-7-9/h1-3,6,9,11,13,15H,4-5,7-8H2/t9-,11+,13-/m1/s1. The van der Waals surface area contributed by atoms with Crippen LogP contribution >= 0.6 is 11.6 Å². The summed E-state index contributed by atoms with van der Waals surface area (Å²) in [5, 5.41) is 4.40. The molecule has 80 valence electrons. The van der Waals surface area contributed by atoms with Crippen LogP contribution in [0.1, 0.15) is 24.3 Å².